The van der Waals surface area contributed by atoms with E-state index in [1.165, 1.54) is 5.56 Å². The van der Waals surface area contributed by atoms with Gasteiger partial charge in [0.2, 0.25) is 5.91 Å². The van der Waals surface area contributed by atoms with Crippen molar-refractivity contribution < 1.29 is 14.7 Å². The van der Waals surface area contributed by atoms with Gasteiger partial charge in [-0.25, -0.2) is 0 Å². The number of nitrogens with one attached hydrogen (secondary N) is 1. The maximum absolute atomic E-state index is 12.3. The van der Waals surface area contributed by atoms with Crippen LogP contribution in [0.1, 0.15) is 84.3 Å². The van der Waals surface area contributed by atoms with Crippen LogP contribution in [0.15, 0.2) is 97.3 Å². The zero-order chi connectivity index (χ0) is 30.9. The third-order valence-electron chi connectivity index (χ3n) is 7.94. The minimum absolute atomic E-state index is 0.00243. The van der Waals surface area contributed by atoms with Crippen LogP contribution in [0.3, 0.4) is 0 Å². The number of nitrogens with zero attached hydrogens (tertiary/aromatic N) is 2. The number of nitrogens with two attached hydrogens (primary N) is 1. The summed E-state index contributed by atoms with van der Waals surface area (Å²) in [6.45, 7) is 7.88. The molecule has 2 aliphatic rings. The minimum Gasteiger partial charge on any atom is -0.481 e. The number of carboxylic acids is 1. The molecule has 43 heavy (non-hydrogen) atoms. The molecule has 224 valence electrons. The fourth-order valence-corrected chi connectivity index (χ4v) is 4.98. The first-order chi connectivity index (χ1) is 20.6. The summed E-state index contributed by atoms with van der Waals surface area (Å²) in [6, 6.07) is 28.2. The number of hydrogen-bond acceptors (Lipinski definition) is 5. The smallest absolute Gasteiger partial charge is 0.307 e. The predicted octanol–water partition coefficient (Wildman–Crippen LogP) is 6.66. The maximum Gasteiger partial charge on any atom is 0.307 e. The molecular formula is C36H42N4O3. The van der Waals surface area contributed by atoms with Gasteiger partial charge < -0.3 is 16.2 Å². The monoisotopic (exact) mass is 578 g/mol. The molecule has 2 heterocycles. The lowest BCUT2D eigenvalue weighted by atomic mass is 10.1. The SMILES string of the molecule is Cc1ccc([C@H](C)N)cn1.Cc1ccc([C@H](C)NC(=O)[C@H]2C[C@@H]2c2ccccc2)cn1.O=C(O)[C@H]1C[C@@H]1c1ccccc1. The van der Waals surface area contributed by atoms with E-state index in [2.05, 4.69) is 27.4 Å². The molecule has 0 bridgehead atoms. The average Bonchev–Trinajstić information content (AvgIpc) is 3.93. The van der Waals surface area contributed by atoms with Crippen molar-refractivity contribution in [2.45, 2.75) is 64.5 Å². The quantitative estimate of drug-likeness (QED) is 0.226. The van der Waals surface area contributed by atoms with E-state index in [0.29, 0.717) is 5.92 Å². The molecule has 7 nitrogen and oxygen atoms in total. The molecule has 1 amide bonds. The molecule has 6 atom stereocenters. The van der Waals surface area contributed by atoms with Crippen LogP contribution in [0.25, 0.3) is 0 Å². The summed E-state index contributed by atoms with van der Waals surface area (Å²) in [4.78, 5) is 31.3. The summed E-state index contributed by atoms with van der Waals surface area (Å²) in [7, 11) is 0. The van der Waals surface area contributed by atoms with Gasteiger partial charge in [0, 0.05) is 35.7 Å². The second-order valence-corrected chi connectivity index (χ2v) is 11.5. The van der Waals surface area contributed by atoms with Crippen LogP contribution in [-0.2, 0) is 9.59 Å². The van der Waals surface area contributed by atoms with E-state index in [0.717, 1.165) is 40.9 Å². The second-order valence-electron chi connectivity index (χ2n) is 11.5. The first kappa shape index (κ1) is 31.6. The third-order valence-corrected chi connectivity index (χ3v) is 7.94. The molecule has 4 N–H and O–H groups in total. The van der Waals surface area contributed by atoms with Gasteiger partial charge in [0.1, 0.15) is 0 Å². The highest BCUT2D eigenvalue weighted by Gasteiger charge is 2.44. The Hall–Kier alpha value is -4.36. The summed E-state index contributed by atoms with van der Waals surface area (Å²) in [6.07, 6.45) is 5.41. The lowest BCUT2D eigenvalue weighted by Crippen LogP contribution is -2.28. The summed E-state index contributed by atoms with van der Waals surface area (Å²) in [5, 5.41) is 11.8. The molecule has 0 unspecified atom stereocenters. The molecule has 6 rings (SSSR count). The molecule has 0 spiro atoms. The van der Waals surface area contributed by atoms with Gasteiger partial charge in [-0.2, -0.15) is 0 Å². The van der Waals surface area contributed by atoms with Gasteiger partial charge in [-0.15, -0.1) is 0 Å². The number of carbonyl (C=O) groups excluding carboxylic acids is 1. The average molecular weight is 579 g/mol. The molecule has 0 saturated heterocycles. The van der Waals surface area contributed by atoms with Crippen LogP contribution in [0.5, 0.6) is 0 Å². The van der Waals surface area contributed by atoms with Crippen LogP contribution in [-0.4, -0.2) is 27.0 Å². The Morgan fingerprint density at radius 2 is 1.21 bits per heavy atom. The van der Waals surface area contributed by atoms with Crippen LogP contribution < -0.4 is 11.1 Å². The standard InChI is InChI=1S/C18H20N2O.C10H10O2.C8H12N2/c1-12-8-9-15(11-19-12)13(2)20-18(21)17-10-16(17)14-6-4-3-5-7-14;11-10(12)9-6-8(9)7-4-2-1-3-5-7;1-6-3-4-8(5-10-6)7(2)9/h3-9,11,13,16-17H,10H2,1-2H3,(H,20,21);1-5,8-9H,6H2,(H,11,12);3-5,7H,9H2,1-2H3/t13-,16+,17-;8-,9+;7-/m010/s1. The summed E-state index contributed by atoms with van der Waals surface area (Å²) >= 11 is 0. The number of carbonyl (C=O) groups is 2. The molecule has 0 aliphatic heterocycles. The van der Waals surface area contributed by atoms with Gasteiger partial charge in [-0.05, 0) is 86.8 Å². The van der Waals surface area contributed by atoms with Crippen LogP contribution >= 0.6 is 0 Å². The zero-order valence-corrected chi connectivity index (χ0v) is 25.4. The number of aryl methyl sites for hydroxylation is 2. The van der Waals surface area contributed by atoms with Crippen molar-refractivity contribution in [3.8, 4) is 0 Å². The fraction of sp³-hybridized carbons (Fsp3) is 0.333. The van der Waals surface area contributed by atoms with Crippen molar-refractivity contribution in [3.05, 3.63) is 131 Å². The Balaban J connectivity index is 0.000000163. The van der Waals surface area contributed by atoms with Crippen molar-refractivity contribution in [1.82, 2.24) is 15.3 Å². The Bertz CT molecular complexity index is 1460. The van der Waals surface area contributed by atoms with Gasteiger partial charge >= 0.3 is 5.97 Å². The Morgan fingerprint density at radius 1 is 0.744 bits per heavy atom. The van der Waals surface area contributed by atoms with E-state index in [9.17, 15) is 9.59 Å². The molecular weight excluding hydrogens is 536 g/mol. The first-order valence-electron chi connectivity index (χ1n) is 14.9. The van der Waals surface area contributed by atoms with Gasteiger partial charge in [-0.3, -0.25) is 19.6 Å². The molecule has 2 aromatic carbocycles. The lowest BCUT2D eigenvalue weighted by molar-refractivity contribution is -0.138. The summed E-state index contributed by atoms with van der Waals surface area (Å²) < 4.78 is 0. The molecule has 2 saturated carbocycles. The summed E-state index contributed by atoms with van der Waals surface area (Å²) in [5.41, 5.74) is 12.2. The topological polar surface area (TPSA) is 118 Å². The number of aliphatic carboxylic acids is 1. The van der Waals surface area contributed by atoms with Gasteiger partial charge in [0.25, 0.3) is 0 Å². The number of aromatic nitrogens is 2. The van der Waals surface area contributed by atoms with Crippen molar-refractivity contribution in [2.24, 2.45) is 17.6 Å². The Morgan fingerprint density at radius 3 is 1.63 bits per heavy atom. The largest absolute Gasteiger partial charge is 0.481 e. The highest BCUT2D eigenvalue weighted by atomic mass is 16.4. The minimum atomic E-state index is -0.663. The van der Waals surface area contributed by atoms with Gasteiger partial charge in [0.15, 0.2) is 0 Å². The Kier molecular flexibility index (Phi) is 10.8. The number of pyridine rings is 2. The molecule has 2 aromatic heterocycles. The predicted molar refractivity (Wildman–Crippen MR) is 169 cm³/mol. The molecule has 2 fully saturated rings. The number of rotatable bonds is 7. The van der Waals surface area contributed by atoms with E-state index in [4.69, 9.17) is 10.8 Å². The first-order valence-corrected chi connectivity index (χ1v) is 14.9. The highest BCUT2D eigenvalue weighted by Crippen LogP contribution is 2.48. The molecule has 4 aromatic rings. The van der Waals surface area contributed by atoms with Crippen molar-refractivity contribution in [2.75, 3.05) is 0 Å². The highest BCUT2D eigenvalue weighted by molar-refractivity contribution is 5.83. The van der Waals surface area contributed by atoms with Crippen LogP contribution in [0, 0.1) is 25.7 Å². The van der Waals surface area contributed by atoms with E-state index in [-0.39, 0.29) is 35.7 Å². The molecule has 0 radical (unpaired) electrons. The lowest BCUT2D eigenvalue weighted by Gasteiger charge is -2.14. The van der Waals surface area contributed by atoms with Crippen LogP contribution in [0.2, 0.25) is 0 Å². The van der Waals surface area contributed by atoms with E-state index < -0.39 is 5.97 Å². The number of amides is 1. The van der Waals surface area contributed by atoms with E-state index >= 15 is 0 Å². The molecule has 2 aliphatic carbocycles. The normalized spacial score (nSPS) is 21.0. The second kappa shape index (κ2) is 14.7. The zero-order valence-electron chi connectivity index (χ0n) is 25.4. The Labute approximate surface area is 254 Å². The van der Waals surface area contributed by atoms with Gasteiger partial charge in [0.05, 0.1) is 12.0 Å². The fourth-order valence-electron chi connectivity index (χ4n) is 4.98. The third kappa shape index (κ3) is 9.32. The van der Waals surface area contributed by atoms with Crippen molar-refractivity contribution in [1.29, 1.82) is 0 Å². The summed E-state index contributed by atoms with van der Waals surface area (Å²) in [5.74, 6) is 0.125. The van der Waals surface area contributed by atoms with Crippen molar-refractivity contribution >= 4 is 11.9 Å². The van der Waals surface area contributed by atoms with Crippen LogP contribution in [0.4, 0.5) is 0 Å². The number of carboxylic acid groups (broad SMARTS) is 1. The number of benzene rings is 2. The van der Waals surface area contributed by atoms with E-state index in [1.54, 1.807) is 0 Å². The maximum atomic E-state index is 12.3. The van der Waals surface area contributed by atoms with E-state index in [1.807, 2.05) is 113 Å². The van der Waals surface area contributed by atoms with Gasteiger partial charge in [-0.1, -0.05) is 72.8 Å². The number of hydrogen-bond donors (Lipinski definition) is 3. The van der Waals surface area contributed by atoms with Crippen molar-refractivity contribution in [3.63, 3.8) is 0 Å². The molecule has 7 heteroatoms.